The van der Waals surface area contributed by atoms with Crippen LogP contribution in [0.25, 0.3) is 0 Å². The Morgan fingerprint density at radius 3 is 0.950 bits per heavy atom. The van der Waals surface area contributed by atoms with E-state index in [1.165, 1.54) is 5.56 Å². The summed E-state index contributed by atoms with van der Waals surface area (Å²) >= 11 is 13.4. The number of ketones is 2. The summed E-state index contributed by atoms with van der Waals surface area (Å²) < 4.78 is 50.9. The number of ether oxygens (including phenoxy) is 2. The molecule has 0 bridgehead atoms. The summed E-state index contributed by atoms with van der Waals surface area (Å²) in [6, 6.07) is 38.9. The number of amides is 2. The van der Waals surface area contributed by atoms with E-state index in [-0.39, 0.29) is 134 Å². The van der Waals surface area contributed by atoms with Gasteiger partial charge in [0.05, 0.1) is 45.7 Å². The van der Waals surface area contributed by atoms with Gasteiger partial charge in [0.25, 0.3) is 0 Å². The standard InChI is InChI=1S/C21H34BNO4.C15H22BrNO2.C12H24B2O4.C10H14BrN.C10H11BrO.C8H7BrO.B.Na.H/c1-14(2)17(23-18(24)25-19(3,4)5)15-10-12-16(13-11-15)22-26-20(6,7)21(8,9)27-22;1-10(2)13(11-6-8-12(16)9-7-11)17-14(18)19-15(3,4)5;1-9(2)10(3,4)16-13(15-9)14-17-11(5,6)12(7,8)18-14;2*1-7(2)10(12)8-3-5-9(11)6-4-8;1-6(10)7-2-4-8(9)5-3-7;;;/h10-14,17H,1-9H3,(H,23,24);6-10,13H,1-5H3,(H,17,18);1-8H3;3-7,10H,12H2,1-2H3;3-7H,1-2H3;2-5H,1H3;;;/q;;;;;;;+1;-1. The van der Waals surface area contributed by atoms with E-state index in [9.17, 15) is 19.2 Å². The molecule has 3 aliphatic heterocycles. The van der Waals surface area contributed by atoms with Crippen LogP contribution in [0.4, 0.5) is 9.59 Å². The Kier molecular flexibility index (Phi) is 38.0. The molecule has 5 aromatic rings. The topological polar surface area (TPSA) is 192 Å². The number of halogens is 4. The molecule has 5 aromatic carbocycles. The first kappa shape index (κ1) is 94.9. The molecule has 3 saturated heterocycles. The van der Waals surface area contributed by atoms with Gasteiger partial charge in [-0.05, 0) is 220 Å². The summed E-state index contributed by atoms with van der Waals surface area (Å²) in [5.41, 5.74) is 8.61. The monoisotopic (exact) mass is 1640 g/mol. The maximum absolute atomic E-state index is 12.2. The third kappa shape index (κ3) is 30.4. The average molecular weight is 1650 g/mol. The van der Waals surface area contributed by atoms with Gasteiger partial charge in [0.2, 0.25) is 0 Å². The predicted molar refractivity (Wildman–Crippen MR) is 423 cm³/mol. The molecule has 2 amide bonds. The number of hydrogen-bond donors (Lipinski definition) is 3. The number of nitrogens with one attached hydrogen (secondary N) is 2. The van der Waals surface area contributed by atoms with Gasteiger partial charge in [0, 0.05) is 49.4 Å². The Balaban J connectivity index is 0.00000122. The van der Waals surface area contributed by atoms with Crippen molar-refractivity contribution in [3.63, 3.8) is 0 Å². The van der Waals surface area contributed by atoms with Crippen molar-refractivity contribution in [3.8, 4) is 0 Å². The first-order chi connectivity index (χ1) is 44.7. The molecule has 3 heterocycles. The van der Waals surface area contributed by atoms with Crippen LogP contribution in [0.5, 0.6) is 0 Å². The molecule has 3 unspecified atom stereocenters. The fourth-order valence-corrected chi connectivity index (χ4v) is 10.4. The van der Waals surface area contributed by atoms with Crippen LogP contribution in [-0.4, -0.2) is 98.1 Å². The number of Topliss-reactive ketones (excluding diaryl/α,β-unsaturated/α-hetero) is 2. The van der Waals surface area contributed by atoms with Crippen LogP contribution in [0, 0.1) is 23.7 Å². The molecule has 15 nitrogen and oxygen atoms in total. The van der Waals surface area contributed by atoms with Crippen LogP contribution in [0.15, 0.2) is 139 Å². The maximum atomic E-state index is 12.2. The first-order valence-electron chi connectivity index (χ1n) is 33.7. The van der Waals surface area contributed by atoms with Crippen molar-refractivity contribution in [3.05, 3.63) is 167 Å². The van der Waals surface area contributed by atoms with Crippen LogP contribution in [0.1, 0.15) is 244 Å². The zero-order chi connectivity index (χ0) is 75.1. The number of alkyl carbamates (subject to hydrolysis) is 2. The number of rotatable bonds is 13. The van der Waals surface area contributed by atoms with E-state index >= 15 is 0 Å². The Morgan fingerprint density at radius 1 is 0.430 bits per heavy atom. The quantitative estimate of drug-likeness (QED) is 0.0746. The summed E-state index contributed by atoms with van der Waals surface area (Å²) in [7, 11) is -1.34. The number of hydrogen-bond acceptors (Lipinski definition) is 13. The van der Waals surface area contributed by atoms with E-state index in [1.54, 1.807) is 19.1 Å². The summed E-state index contributed by atoms with van der Waals surface area (Å²) in [6.45, 7) is 53.5. The van der Waals surface area contributed by atoms with Gasteiger partial charge in [-0.3, -0.25) is 9.59 Å². The molecule has 545 valence electrons. The van der Waals surface area contributed by atoms with Crippen molar-refractivity contribution in [2.24, 2.45) is 29.4 Å². The predicted octanol–water partition coefficient (Wildman–Crippen LogP) is 16.9. The molecule has 3 radical (unpaired) electrons. The fourth-order valence-electron chi connectivity index (χ4n) is 9.35. The molecule has 100 heavy (non-hydrogen) atoms. The zero-order valence-corrected chi connectivity index (χ0v) is 73.2. The molecule has 0 aromatic heterocycles. The first-order valence-corrected chi connectivity index (χ1v) is 36.9. The van der Waals surface area contributed by atoms with Crippen molar-refractivity contribution in [1.82, 2.24) is 10.6 Å². The van der Waals surface area contributed by atoms with E-state index < -0.39 is 31.3 Å². The summed E-state index contributed by atoms with van der Waals surface area (Å²) in [5.74, 6) is 1.38. The second-order valence-electron chi connectivity index (χ2n) is 31.2. The molecule has 0 aliphatic carbocycles. The SMILES string of the molecule is CC(=O)c1ccc(Br)cc1.CC(C)C(=O)c1ccc(Br)cc1.CC(C)C(N)c1ccc(Br)cc1.CC(C)C(NC(=O)OC(C)(C)C)c1ccc(B2OC(C)(C)C(C)(C)O2)cc1.CC(C)C(NC(=O)OC(C)(C)C)c1ccc(Br)cc1.CC1(C)OB(B2OC(C)(C)C(C)(C)O2)OC1(C)C.[B].[H-].[Na+]. The number of carbonyl (C=O) groups is 4. The van der Waals surface area contributed by atoms with Gasteiger partial charge in [-0.1, -0.05) is 192 Å². The van der Waals surface area contributed by atoms with E-state index in [0.717, 1.165) is 45.6 Å². The van der Waals surface area contributed by atoms with Gasteiger partial charge >= 0.3 is 62.9 Å². The number of benzene rings is 5. The molecule has 0 saturated carbocycles. The number of nitrogens with two attached hydrogens (primary N) is 1. The molecule has 3 fully saturated rings. The normalized spacial score (nSPS) is 17.4. The minimum Gasteiger partial charge on any atom is -1.00 e. The molecule has 4 N–H and O–H groups in total. The Hall–Kier alpha value is -3.12. The van der Waals surface area contributed by atoms with Crippen LogP contribution in [0.3, 0.4) is 0 Å². The summed E-state index contributed by atoms with van der Waals surface area (Å²) in [4.78, 5) is 46.2. The largest absolute Gasteiger partial charge is 1.00 e. The van der Waals surface area contributed by atoms with Crippen molar-refractivity contribution >= 4 is 122 Å². The van der Waals surface area contributed by atoms with Gasteiger partial charge in [0.15, 0.2) is 11.6 Å². The average Bonchev–Trinajstić information content (AvgIpc) is 1.63. The Labute approximate surface area is 661 Å². The molecular weight excluding hydrogens is 1530 g/mol. The van der Waals surface area contributed by atoms with E-state index in [4.69, 9.17) is 43.1 Å². The minimum atomic E-state index is -0.522. The molecule has 24 heteroatoms. The number of carbonyl (C=O) groups excluding carboxylic acids is 4. The third-order valence-corrected chi connectivity index (χ3v) is 19.5. The van der Waals surface area contributed by atoms with Crippen LogP contribution < -0.4 is 51.4 Å². The fraction of sp³-hybridized carbons (Fsp3) is 0.553. The smallest absolute Gasteiger partial charge is 1.00 e. The van der Waals surface area contributed by atoms with Gasteiger partial charge in [-0.15, -0.1) is 0 Å². The minimum absolute atomic E-state index is 0. The van der Waals surface area contributed by atoms with Crippen molar-refractivity contribution in [2.45, 2.75) is 250 Å². The van der Waals surface area contributed by atoms with Gasteiger partial charge < -0.3 is 55.2 Å². The van der Waals surface area contributed by atoms with Crippen LogP contribution in [0.2, 0.25) is 0 Å². The molecule has 0 spiro atoms. The van der Waals surface area contributed by atoms with Crippen molar-refractivity contribution in [2.75, 3.05) is 0 Å². The van der Waals surface area contributed by atoms with Crippen molar-refractivity contribution < 1.29 is 87.6 Å². The van der Waals surface area contributed by atoms with Crippen molar-refractivity contribution in [1.29, 1.82) is 0 Å². The van der Waals surface area contributed by atoms with Gasteiger partial charge in [-0.2, -0.15) is 0 Å². The van der Waals surface area contributed by atoms with E-state index in [2.05, 4.69) is 128 Å². The second kappa shape index (κ2) is 40.0. The van der Waals surface area contributed by atoms with Gasteiger partial charge in [-0.25, -0.2) is 9.59 Å². The molecule has 3 atom stereocenters. The van der Waals surface area contributed by atoms with Gasteiger partial charge in [0.1, 0.15) is 11.2 Å². The molecule has 3 aliphatic rings. The Bertz CT molecular complexity index is 3260. The van der Waals surface area contributed by atoms with E-state index in [1.807, 2.05) is 236 Å². The zero-order valence-electron chi connectivity index (χ0n) is 65.9. The molecular formula is C76H113B4Br4N3NaO12. The molecule has 8 rings (SSSR count). The second-order valence-corrected chi connectivity index (χ2v) is 34.9. The van der Waals surface area contributed by atoms with Crippen LogP contribution >= 0.6 is 63.7 Å². The summed E-state index contributed by atoms with van der Waals surface area (Å²) in [6.07, 6.45) is -0.787. The third-order valence-electron chi connectivity index (χ3n) is 17.4. The maximum Gasteiger partial charge on any atom is 1.00 e. The Morgan fingerprint density at radius 2 is 0.690 bits per heavy atom. The van der Waals surface area contributed by atoms with E-state index in [0.29, 0.717) is 5.92 Å². The van der Waals surface area contributed by atoms with Crippen LogP contribution in [-0.2, 0) is 37.4 Å². The summed E-state index contributed by atoms with van der Waals surface area (Å²) in [5, 5.41) is 5.91.